The summed E-state index contributed by atoms with van der Waals surface area (Å²) in [5.74, 6) is -0.603. The van der Waals surface area contributed by atoms with Crippen LogP contribution >= 0.6 is 0 Å². The van der Waals surface area contributed by atoms with E-state index in [9.17, 15) is 4.79 Å². The van der Waals surface area contributed by atoms with Crippen LogP contribution in [0.25, 0.3) is 0 Å². The van der Waals surface area contributed by atoms with Crippen molar-refractivity contribution in [3.05, 3.63) is 29.3 Å². The summed E-state index contributed by atoms with van der Waals surface area (Å²) < 4.78 is 5.84. The molecule has 1 aromatic carbocycles. The fourth-order valence-corrected chi connectivity index (χ4v) is 1.91. The summed E-state index contributed by atoms with van der Waals surface area (Å²) in [6.45, 7) is 3.66. The van der Waals surface area contributed by atoms with Gasteiger partial charge in [-0.3, -0.25) is 4.79 Å². The Morgan fingerprint density at radius 2 is 2.18 bits per heavy atom. The normalized spacial score (nSPS) is 17.3. The van der Waals surface area contributed by atoms with E-state index in [0.29, 0.717) is 0 Å². The molecule has 0 amide bonds. The molecule has 1 aliphatic carbocycles. The molecule has 1 aromatic rings. The van der Waals surface area contributed by atoms with Crippen LogP contribution in [-0.2, 0) is 4.79 Å². The number of hydrogen-bond donors (Lipinski definition) is 1. The number of aliphatic carboxylic acids is 1. The maximum absolute atomic E-state index is 11.1. The van der Waals surface area contributed by atoms with Crippen LogP contribution < -0.4 is 4.74 Å². The molecule has 1 unspecified atom stereocenters. The lowest BCUT2D eigenvalue weighted by Crippen LogP contribution is -2.25. The third-order valence-electron chi connectivity index (χ3n) is 3.35. The summed E-state index contributed by atoms with van der Waals surface area (Å²) in [4.78, 5) is 11.1. The van der Waals surface area contributed by atoms with Crippen LogP contribution in [0, 0.1) is 6.92 Å². The van der Waals surface area contributed by atoms with Gasteiger partial charge >= 0.3 is 5.97 Å². The van der Waals surface area contributed by atoms with Gasteiger partial charge in [-0.2, -0.15) is 0 Å². The number of carboxylic acids is 1. The van der Waals surface area contributed by atoms with Crippen molar-refractivity contribution in [2.75, 3.05) is 0 Å². The highest BCUT2D eigenvalue weighted by atomic mass is 16.5. The Labute approximate surface area is 101 Å². The second kappa shape index (κ2) is 4.78. The summed E-state index contributed by atoms with van der Waals surface area (Å²) in [7, 11) is 0. The number of carboxylic acid groups (broad SMARTS) is 1. The minimum Gasteiger partial charge on any atom is -0.490 e. The van der Waals surface area contributed by atoms with E-state index in [4.69, 9.17) is 9.84 Å². The summed E-state index contributed by atoms with van der Waals surface area (Å²) in [6.07, 6.45) is 3.64. The van der Waals surface area contributed by atoms with Gasteiger partial charge in [-0.15, -0.1) is 0 Å². The summed E-state index contributed by atoms with van der Waals surface area (Å²) in [6, 6.07) is 5.77. The first-order valence-electron chi connectivity index (χ1n) is 6.08. The average molecular weight is 234 g/mol. The Morgan fingerprint density at radius 3 is 2.71 bits per heavy atom. The number of aryl methyl sites for hydroxylation is 1. The minimum absolute atomic E-state index is 0.275. The number of carbonyl (C=O) groups is 1. The van der Waals surface area contributed by atoms with E-state index in [2.05, 4.69) is 0 Å². The molecule has 0 bridgehead atoms. The van der Waals surface area contributed by atoms with Gasteiger partial charge in [-0.05, 0) is 39.2 Å². The maximum Gasteiger partial charge on any atom is 0.310 e. The largest absolute Gasteiger partial charge is 0.490 e. The van der Waals surface area contributed by atoms with Crippen LogP contribution in [0.2, 0.25) is 0 Å². The standard InChI is InChI=1S/C14H18O3/c1-9-6-7-13(17-11-4-3-5-11)12(8-9)10(2)14(15)16/h6-8,10-11H,3-5H2,1-2H3,(H,15,16). The minimum atomic E-state index is -0.811. The van der Waals surface area contributed by atoms with Crippen LogP contribution in [-0.4, -0.2) is 17.2 Å². The highest BCUT2D eigenvalue weighted by molar-refractivity contribution is 5.76. The zero-order chi connectivity index (χ0) is 12.4. The Kier molecular flexibility index (Phi) is 3.36. The zero-order valence-electron chi connectivity index (χ0n) is 10.3. The molecule has 0 radical (unpaired) electrons. The van der Waals surface area contributed by atoms with Crippen LogP contribution in [0.4, 0.5) is 0 Å². The molecule has 3 heteroatoms. The Hall–Kier alpha value is -1.51. The van der Waals surface area contributed by atoms with Gasteiger partial charge in [0.05, 0.1) is 12.0 Å². The fourth-order valence-electron chi connectivity index (χ4n) is 1.91. The Balaban J connectivity index is 2.26. The fraction of sp³-hybridized carbons (Fsp3) is 0.500. The molecule has 2 rings (SSSR count). The van der Waals surface area contributed by atoms with Gasteiger partial charge in [0, 0.05) is 5.56 Å². The van der Waals surface area contributed by atoms with Crippen molar-refractivity contribution in [1.29, 1.82) is 0 Å². The molecule has 1 atom stereocenters. The SMILES string of the molecule is Cc1ccc(OC2CCC2)c(C(C)C(=O)O)c1. The number of benzene rings is 1. The van der Waals surface area contributed by atoms with E-state index < -0.39 is 11.9 Å². The van der Waals surface area contributed by atoms with Crippen molar-refractivity contribution >= 4 is 5.97 Å². The summed E-state index contributed by atoms with van der Waals surface area (Å²) in [5.41, 5.74) is 1.85. The van der Waals surface area contributed by atoms with Crippen LogP contribution in [0.5, 0.6) is 5.75 Å². The highest BCUT2D eigenvalue weighted by Crippen LogP contribution is 2.32. The molecule has 3 nitrogen and oxygen atoms in total. The van der Waals surface area contributed by atoms with E-state index >= 15 is 0 Å². The lowest BCUT2D eigenvalue weighted by Gasteiger charge is -2.28. The molecule has 17 heavy (non-hydrogen) atoms. The molecule has 1 aliphatic rings. The van der Waals surface area contributed by atoms with Crippen molar-refractivity contribution in [3.63, 3.8) is 0 Å². The average Bonchev–Trinajstić information content (AvgIpc) is 2.23. The van der Waals surface area contributed by atoms with Gasteiger partial charge in [0.25, 0.3) is 0 Å². The Morgan fingerprint density at radius 1 is 1.47 bits per heavy atom. The van der Waals surface area contributed by atoms with Gasteiger partial charge < -0.3 is 9.84 Å². The van der Waals surface area contributed by atoms with E-state index in [0.717, 1.165) is 29.7 Å². The zero-order valence-corrected chi connectivity index (χ0v) is 10.3. The van der Waals surface area contributed by atoms with Crippen molar-refractivity contribution in [2.45, 2.75) is 45.1 Å². The van der Waals surface area contributed by atoms with E-state index in [-0.39, 0.29) is 6.10 Å². The van der Waals surface area contributed by atoms with Crippen molar-refractivity contribution < 1.29 is 14.6 Å². The maximum atomic E-state index is 11.1. The molecule has 0 aliphatic heterocycles. The molecule has 0 spiro atoms. The predicted octanol–water partition coefficient (Wildman–Crippen LogP) is 3.11. The van der Waals surface area contributed by atoms with Gasteiger partial charge in [-0.25, -0.2) is 0 Å². The van der Waals surface area contributed by atoms with Gasteiger partial charge in [-0.1, -0.05) is 17.7 Å². The molecule has 92 valence electrons. The first-order chi connectivity index (χ1) is 8.08. The van der Waals surface area contributed by atoms with E-state index in [1.807, 2.05) is 25.1 Å². The molecular formula is C14H18O3. The number of hydrogen-bond acceptors (Lipinski definition) is 2. The predicted molar refractivity (Wildman–Crippen MR) is 65.5 cm³/mol. The molecular weight excluding hydrogens is 216 g/mol. The highest BCUT2D eigenvalue weighted by Gasteiger charge is 2.23. The lowest BCUT2D eigenvalue weighted by atomic mass is 9.95. The monoisotopic (exact) mass is 234 g/mol. The van der Waals surface area contributed by atoms with Crippen molar-refractivity contribution in [2.24, 2.45) is 0 Å². The second-order valence-electron chi connectivity index (χ2n) is 4.77. The quantitative estimate of drug-likeness (QED) is 0.870. The molecule has 1 fully saturated rings. The first kappa shape index (κ1) is 12.0. The van der Waals surface area contributed by atoms with E-state index in [1.165, 1.54) is 6.42 Å². The first-order valence-corrected chi connectivity index (χ1v) is 6.08. The summed E-state index contributed by atoms with van der Waals surface area (Å²) in [5, 5.41) is 9.10. The van der Waals surface area contributed by atoms with Crippen LogP contribution in [0.1, 0.15) is 43.2 Å². The van der Waals surface area contributed by atoms with Gasteiger partial charge in [0.2, 0.25) is 0 Å². The van der Waals surface area contributed by atoms with Crippen molar-refractivity contribution in [1.82, 2.24) is 0 Å². The Bertz CT molecular complexity index is 421. The van der Waals surface area contributed by atoms with Crippen molar-refractivity contribution in [3.8, 4) is 5.75 Å². The number of ether oxygens (including phenoxy) is 1. The third-order valence-corrected chi connectivity index (χ3v) is 3.35. The number of rotatable bonds is 4. The third kappa shape index (κ3) is 2.60. The van der Waals surface area contributed by atoms with Crippen LogP contribution in [0.3, 0.4) is 0 Å². The molecule has 0 aromatic heterocycles. The van der Waals surface area contributed by atoms with E-state index in [1.54, 1.807) is 6.92 Å². The second-order valence-corrected chi connectivity index (χ2v) is 4.77. The summed E-state index contributed by atoms with van der Waals surface area (Å²) >= 11 is 0. The molecule has 0 saturated heterocycles. The topological polar surface area (TPSA) is 46.5 Å². The van der Waals surface area contributed by atoms with Gasteiger partial charge in [0.1, 0.15) is 5.75 Å². The van der Waals surface area contributed by atoms with Gasteiger partial charge in [0.15, 0.2) is 0 Å². The molecule has 1 N–H and O–H groups in total. The lowest BCUT2D eigenvalue weighted by molar-refractivity contribution is -0.138. The molecule has 1 saturated carbocycles. The molecule has 0 heterocycles. The van der Waals surface area contributed by atoms with Crippen LogP contribution in [0.15, 0.2) is 18.2 Å². The smallest absolute Gasteiger partial charge is 0.310 e.